The number of pyridine rings is 3. The molecule has 4 heterocycles. The lowest BCUT2D eigenvalue weighted by atomic mass is 10.0. The van der Waals surface area contributed by atoms with Crippen molar-refractivity contribution in [2.75, 3.05) is 29.5 Å². The van der Waals surface area contributed by atoms with Crippen molar-refractivity contribution in [1.29, 1.82) is 0 Å². The van der Waals surface area contributed by atoms with Crippen molar-refractivity contribution in [2.24, 2.45) is 0 Å². The summed E-state index contributed by atoms with van der Waals surface area (Å²) in [6, 6.07) is 3.45. The molecule has 0 saturated heterocycles. The Kier molecular flexibility index (Phi) is 3.68. The molecular weight excluding hydrogens is 336 g/mol. The predicted octanol–water partition coefficient (Wildman–Crippen LogP) is 2.48. The summed E-state index contributed by atoms with van der Waals surface area (Å²) in [6.07, 6.45) is 2.02. The highest BCUT2D eigenvalue weighted by atomic mass is 16.5. The molecule has 0 aromatic carbocycles. The number of ether oxygens (including phenoxy) is 1. The zero-order valence-corrected chi connectivity index (χ0v) is 13.9. The molecule has 5 N–H and O–H groups in total. The average Bonchev–Trinajstić information content (AvgIpc) is 2.61. The average molecular weight is 352 g/mol. The number of carboxylic acid groups (broad SMARTS) is 1. The van der Waals surface area contributed by atoms with Crippen LogP contribution in [0.3, 0.4) is 0 Å². The molecule has 1 aliphatic heterocycles. The fourth-order valence-corrected chi connectivity index (χ4v) is 2.97. The first-order chi connectivity index (χ1) is 12.5. The first kappa shape index (κ1) is 15.9. The third kappa shape index (κ3) is 2.69. The van der Waals surface area contributed by atoms with Crippen molar-refractivity contribution >= 4 is 34.2 Å². The third-order valence-electron chi connectivity index (χ3n) is 4.20. The molecule has 0 atom stereocenters. The summed E-state index contributed by atoms with van der Waals surface area (Å²) < 4.78 is 5.55. The summed E-state index contributed by atoms with van der Waals surface area (Å²) in [5.74, 6) is 1.11. The lowest BCUT2D eigenvalue weighted by molar-refractivity contribution is 0.209. The van der Waals surface area contributed by atoms with Crippen LogP contribution in [-0.2, 0) is 0 Å². The van der Waals surface area contributed by atoms with E-state index in [1.807, 2.05) is 13.0 Å². The van der Waals surface area contributed by atoms with Gasteiger partial charge in [-0.05, 0) is 30.0 Å². The molecule has 9 nitrogen and oxygen atoms in total. The summed E-state index contributed by atoms with van der Waals surface area (Å²) in [6.45, 7) is 3.25. The molecule has 9 heteroatoms. The number of rotatable bonds is 2. The van der Waals surface area contributed by atoms with Crippen LogP contribution in [0, 0.1) is 6.92 Å². The second-order valence-electron chi connectivity index (χ2n) is 5.87. The number of hydrogen-bond acceptors (Lipinski definition) is 7. The summed E-state index contributed by atoms with van der Waals surface area (Å²) in [4.78, 5) is 23.7. The van der Waals surface area contributed by atoms with Gasteiger partial charge in [-0.15, -0.1) is 0 Å². The quantitative estimate of drug-likeness (QED) is 0.552. The third-order valence-corrected chi connectivity index (χ3v) is 4.20. The van der Waals surface area contributed by atoms with Crippen molar-refractivity contribution in [3.63, 3.8) is 0 Å². The Morgan fingerprint density at radius 3 is 3.00 bits per heavy atom. The molecule has 3 aromatic heterocycles. The van der Waals surface area contributed by atoms with Crippen LogP contribution in [0.1, 0.15) is 5.56 Å². The van der Waals surface area contributed by atoms with Gasteiger partial charge in [-0.25, -0.2) is 19.7 Å². The van der Waals surface area contributed by atoms with Crippen molar-refractivity contribution in [2.45, 2.75) is 6.92 Å². The summed E-state index contributed by atoms with van der Waals surface area (Å²) >= 11 is 0. The van der Waals surface area contributed by atoms with Crippen LogP contribution in [0.2, 0.25) is 0 Å². The number of amides is 1. The first-order valence-electron chi connectivity index (χ1n) is 7.96. The Morgan fingerprint density at radius 1 is 1.35 bits per heavy atom. The normalized spacial score (nSPS) is 12.8. The van der Waals surface area contributed by atoms with Crippen LogP contribution in [0.5, 0.6) is 5.88 Å². The highest BCUT2D eigenvalue weighted by Crippen LogP contribution is 2.36. The number of nitrogens with zero attached hydrogens (tertiary/aromatic N) is 3. The minimum absolute atomic E-state index is 0.219. The fraction of sp³-hybridized carbons (Fsp3) is 0.176. The zero-order valence-electron chi connectivity index (χ0n) is 13.9. The number of hydrogen-bond donors (Lipinski definition) is 4. The molecule has 1 amide bonds. The van der Waals surface area contributed by atoms with Gasteiger partial charge in [0, 0.05) is 29.9 Å². The molecule has 26 heavy (non-hydrogen) atoms. The topological polar surface area (TPSA) is 135 Å². The molecular formula is C17H16N6O3. The Morgan fingerprint density at radius 2 is 2.19 bits per heavy atom. The second kappa shape index (κ2) is 6.03. The maximum Gasteiger partial charge on any atom is 0.410 e. The van der Waals surface area contributed by atoms with Gasteiger partial charge in [-0.1, -0.05) is 0 Å². The maximum absolute atomic E-state index is 10.8. The molecule has 0 fully saturated rings. The standard InChI is InChI=1S/C17H16N6O3/c1-8-10(6-21-16-14(8)19-2-3-26-16)12-4-9-5-13(23-17(24)25)20-7-11(9)15(18)22-12/h4-7,19H,2-3H2,1H3,(H2,18,22)(H,20,23)(H,24,25). The molecule has 132 valence electrons. The molecule has 4 rings (SSSR count). The minimum atomic E-state index is -1.18. The van der Waals surface area contributed by atoms with Gasteiger partial charge < -0.3 is 20.9 Å². The molecule has 0 saturated carbocycles. The van der Waals surface area contributed by atoms with Gasteiger partial charge in [0.05, 0.1) is 5.69 Å². The van der Waals surface area contributed by atoms with Crippen molar-refractivity contribution in [1.82, 2.24) is 15.0 Å². The maximum atomic E-state index is 10.8. The Labute approximate surface area is 148 Å². The number of nitrogens with two attached hydrogens (primary N) is 1. The van der Waals surface area contributed by atoms with Gasteiger partial charge in [0.25, 0.3) is 0 Å². The fourth-order valence-electron chi connectivity index (χ4n) is 2.97. The molecule has 0 radical (unpaired) electrons. The highest BCUT2D eigenvalue weighted by molar-refractivity contribution is 5.96. The molecule has 0 spiro atoms. The van der Waals surface area contributed by atoms with Crippen molar-refractivity contribution in [3.05, 3.63) is 30.1 Å². The van der Waals surface area contributed by atoms with Crippen molar-refractivity contribution in [3.8, 4) is 17.1 Å². The van der Waals surface area contributed by atoms with E-state index >= 15 is 0 Å². The van der Waals surface area contributed by atoms with E-state index in [2.05, 4.69) is 25.6 Å². The minimum Gasteiger partial charge on any atom is -0.474 e. The van der Waals surface area contributed by atoms with Gasteiger partial charge in [0.15, 0.2) is 0 Å². The van der Waals surface area contributed by atoms with Crippen LogP contribution in [-0.4, -0.2) is 39.3 Å². The zero-order chi connectivity index (χ0) is 18.3. The summed E-state index contributed by atoms with van der Waals surface area (Å²) in [7, 11) is 0. The van der Waals surface area contributed by atoms with Gasteiger partial charge in [0.1, 0.15) is 23.9 Å². The number of carbonyl (C=O) groups is 1. The predicted molar refractivity (Wildman–Crippen MR) is 97.6 cm³/mol. The van der Waals surface area contributed by atoms with E-state index < -0.39 is 6.09 Å². The number of fused-ring (bicyclic) bond motifs is 2. The lowest BCUT2D eigenvalue weighted by Gasteiger charge is -2.21. The summed E-state index contributed by atoms with van der Waals surface area (Å²) in [5, 5.41) is 15.8. The molecule has 0 unspecified atom stereocenters. The van der Waals surface area contributed by atoms with Crippen LogP contribution >= 0.6 is 0 Å². The van der Waals surface area contributed by atoms with Crippen LogP contribution < -0.4 is 21.1 Å². The van der Waals surface area contributed by atoms with E-state index in [1.165, 1.54) is 6.20 Å². The molecule has 0 bridgehead atoms. The Bertz CT molecular complexity index is 1040. The Hall–Kier alpha value is -3.62. The smallest absolute Gasteiger partial charge is 0.410 e. The number of nitrogens with one attached hydrogen (secondary N) is 2. The van der Waals surface area contributed by atoms with Gasteiger partial charge in [-0.2, -0.15) is 0 Å². The van der Waals surface area contributed by atoms with E-state index in [4.69, 9.17) is 15.6 Å². The second-order valence-corrected chi connectivity index (χ2v) is 5.87. The number of anilines is 3. The lowest BCUT2D eigenvalue weighted by Crippen LogP contribution is -2.20. The van der Waals surface area contributed by atoms with Crippen LogP contribution in [0.25, 0.3) is 22.0 Å². The van der Waals surface area contributed by atoms with Crippen LogP contribution in [0.15, 0.2) is 24.5 Å². The first-order valence-corrected chi connectivity index (χ1v) is 7.96. The SMILES string of the molecule is Cc1c(-c2cc3cc(NC(=O)O)ncc3c(N)n2)cnc2c1NCCO2. The number of nitrogen functional groups attached to an aromatic ring is 1. The Balaban J connectivity index is 1.85. The van der Waals surface area contributed by atoms with E-state index in [0.717, 1.165) is 22.2 Å². The molecule has 3 aromatic rings. The highest BCUT2D eigenvalue weighted by Gasteiger charge is 2.18. The molecule has 1 aliphatic rings. The summed E-state index contributed by atoms with van der Waals surface area (Å²) in [5.41, 5.74) is 9.35. The largest absolute Gasteiger partial charge is 0.474 e. The molecule has 0 aliphatic carbocycles. The van der Waals surface area contributed by atoms with E-state index in [9.17, 15) is 4.79 Å². The van der Waals surface area contributed by atoms with Gasteiger partial charge in [0.2, 0.25) is 5.88 Å². The number of aromatic nitrogens is 3. The van der Waals surface area contributed by atoms with Crippen molar-refractivity contribution < 1.29 is 14.6 Å². The van der Waals surface area contributed by atoms with E-state index in [0.29, 0.717) is 35.9 Å². The van der Waals surface area contributed by atoms with Gasteiger partial charge in [-0.3, -0.25) is 5.32 Å². The van der Waals surface area contributed by atoms with Gasteiger partial charge >= 0.3 is 6.09 Å². The van der Waals surface area contributed by atoms with E-state index in [1.54, 1.807) is 12.3 Å². The van der Waals surface area contributed by atoms with E-state index in [-0.39, 0.29) is 5.82 Å². The van der Waals surface area contributed by atoms with Crippen LogP contribution in [0.4, 0.5) is 22.1 Å². The monoisotopic (exact) mass is 352 g/mol.